The van der Waals surface area contributed by atoms with Crippen LogP contribution in [0.1, 0.15) is 29.0 Å². The van der Waals surface area contributed by atoms with Gasteiger partial charge in [0.05, 0.1) is 10.0 Å². The molecular weight excluding hydrogens is 521 g/mol. The molecule has 1 aromatic heterocycles. The summed E-state index contributed by atoms with van der Waals surface area (Å²) < 4.78 is 11.9. The number of piperidine rings is 1. The second kappa shape index (κ2) is 11.4. The van der Waals surface area contributed by atoms with E-state index in [2.05, 4.69) is 16.3 Å². The third kappa shape index (κ3) is 6.01. The Kier molecular flexibility index (Phi) is 8.09. The summed E-state index contributed by atoms with van der Waals surface area (Å²) in [4.78, 5) is 17.2. The number of carbonyl (C=O) groups is 1. The van der Waals surface area contributed by atoms with Gasteiger partial charge in [0.25, 0.3) is 5.91 Å². The normalized spacial score (nSPS) is 17.4. The van der Waals surface area contributed by atoms with E-state index in [1.165, 1.54) is 0 Å². The van der Waals surface area contributed by atoms with Crippen LogP contribution in [0.4, 0.5) is 0 Å². The van der Waals surface area contributed by atoms with E-state index in [1.807, 2.05) is 17.0 Å². The van der Waals surface area contributed by atoms with Crippen molar-refractivity contribution in [2.45, 2.75) is 25.5 Å². The molecule has 2 fully saturated rings. The van der Waals surface area contributed by atoms with Crippen molar-refractivity contribution in [3.8, 4) is 17.1 Å². The summed E-state index contributed by atoms with van der Waals surface area (Å²) in [6.07, 6.45) is 2.21. The van der Waals surface area contributed by atoms with Crippen LogP contribution in [0.25, 0.3) is 11.3 Å². The number of furan rings is 1. The molecule has 2 saturated heterocycles. The average Bonchev–Trinajstić information content (AvgIpc) is 3.36. The minimum Gasteiger partial charge on any atom is -0.489 e. The van der Waals surface area contributed by atoms with Gasteiger partial charge in [-0.2, -0.15) is 0 Å². The highest BCUT2D eigenvalue weighted by atomic mass is 35.5. The van der Waals surface area contributed by atoms with Gasteiger partial charge < -0.3 is 19.4 Å². The molecule has 2 aliphatic heterocycles. The fourth-order valence-corrected chi connectivity index (χ4v) is 5.39. The third-order valence-electron chi connectivity index (χ3n) is 6.66. The van der Waals surface area contributed by atoms with Gasteiger partial charge >= 0.3 is 0 Å². The second-order valence-corrected chi connectivity index (χ2v) is 10.4. The lowest BCUT2D eigenvalue weighted by Crippen LogP contribution is -2.48. The highest BCUT2D eigenvalue weighted by molar-refractivity contribution is 6.36. The summed E-state index contributed by atoms with van der Waals surface area (Å²) in [7, 11) is 0. The van der Waals surface area contributed by atoms with Gasteiger partial charge in [0.15, 0.2) is 5.76 Å². The number of nitrogens with zero attached hydrogens (tertiary/aromatic N) is 2. The molecular formula is C27H28Cl3N3O3. The standard InChI is InChI=1S/C27H28Cl3N3O3/c28-19-2-3-21(22(29)16-19)24-5-6-26(36-24)27(34)33-13-11-32(12-14-33)17-18-1-4-25(23(30)15-18)35-20-7-9-31-10-8-20/h1-6,15-16,20,31H,7-14,17H2. The summed E-state index contributed by atoms with van der Waals surface area (Å²) in [6.45, 7) is 5.53. The van der Waals surface area contributed by atoms with Gasteiger partial charge in [0, 0.05) is 43.3 Å². The van der Waals surface area contributed by atoms with Crippen LogP contribution in [-0.2, 0) is 6.54 Å². The van der Waals surface area contributed by atoms with Crippen LogP contribution < -0.4 is 10.1 Å². The number of rotatable bonds is 6. The van der Waals surface area contributed by atoms with Crippen molar-refractivity contribution in [2.75, 3.05) is 39.3 Å². The molecule has 5 rings (SSSR count). The number of piperazine rings is 1. The largest absolute Gasteiger partial charge is 0.489 e. The summed E-state index contributed by atoms with van der Waals surface area (Å²) in [5.74, 6) is 1.48. The van der Waals surface area contributed by atoms with Gasteiger partial charge in [-0.15, -0.1) is 0 Å². The molecule has 0 unspecified atom stereocenters. The number of hydrogen-bond donors (Lipinski definition) is 1. The Balaban J connectivity index is 1.14. The monoisotopic (exact) mass is 547 g/mol. The van der Waals surface area contributed by atoms with Gasteiger partial charge in [0.1, 0.15) is 17.6 Å². The van der Waals surface area contributed by atoms with E-state index in [4.69, 9.17) is 44.0 Å². The second-order valence-electron chi connectivity index (χ2n) is 9.19. The van der Waals surface area contributed by atoms with Gasteiger partial charge in [-0.1, -0.05) is 40.9 Å². The molecule has 190 valence electrons. The molecule has 1 amide bonds. The van der Waals surface area contributed by atoms with Crippen LogP contribution in [0.15, 0.2) is 52.9 Å². The van der Waals surface area contributed by atoms with Gasteiger partial charge in [0.2, 0.25) is 0 Å². The lowest BCUT2D eigenvalue weighted by molar-refractivity contribution is 0.0598. The van der Waals surface area contributed by atoms with E-state index < -0.39 is 0 Å². The number of carbonyl (C=O) groups excluding carboxylic acids is 1. The Morgan fingerprint density at radius 1 is 0.944 bits per heavy atom. The van der Waals surface area contributed by atoms with Crippen molar-refractivity contribution in [1.29, 1.82) is 0 Å². The molecule has 36 heavy (non-hydrogen) atoms. The lowest BCUT2D eigenvalue weighted by Gasteiger charge is -2.34. The van der Waals surface area contributed by atoms with Crippen LogP contribution in [0.2, 0.25) is 15.1 Å². The minimum atomic E-state index is -0.117. The number of halogens is 3. The van der Waals surface area contributed by atoms with Crippen molar-refractivity contribution in [2.24, 2.45) is 0 Å². The SMILES string of the molecule is O=C(c1ccc(-c2ccc(Cl)cc2Cl)o1)N1CCN(Cc2ccc(OC3CCNCC3)c(Cl)c2)CC1. The first-order valence-corrected chi connectivity index (χ1v) is 13.3. The lowest BCUT2D eigenvalue weighted by atomic mass is 10.1. The predicted molar refractivity (Wildman–Crippen MR) is 143 cm³/mol. The highest BCUT2D eigenvalue weighted by Gasteiger charge is 2.25. The molecule has 0 saturated carbocycles. The van der Waals surface area contributed by atoms with E-state index in [-0.39, 0.29) is 12.0 Å². The summed E-state index contributed by atoms with van der Waals surface area (Å²) >= 11 is 18.8. The predicted octanol–water partition coefficient (Wildman–Crippen LogP) is 6.00. The fraction of sp³-hybridized carbons (Fsp3) is 0.370. The summed E-state index contributed by atoms with van der Waals surface area (Å²) in [5.41, 5.74) is 1.84. The van der Waals surface area contributed by atoms with Gasteiger partial charge in [-0.05, 0) is 74.0 Å². The molecule has 6 nitrogen and oxygen atoms in total. The van der Waals surface area contributed by atoms with Gasteiger partial charge in [-0.25, -0.2) is 0 Å². The number of amides is 1. The van der Waals surface area contributed by atoms with Crippen LogP contribution in [0.3, 0.4) is 0 Å². The summed E-state index contributed by atoms with van der Waals surface area (Å²) in [5, 5.41) is 5.02. The van der Waals surface area contributed by atoms with Crippen molar-refractivity contribution in [1.82, 2.24) is 15.1 Å². The Hall–Kier alpha value is -2.22. The van der Waals surface area contributed by atoms with Crippen LogP contribution in [0, 0.1) is 0 Å². The molecule has 1 N–H and O–H groups in total. The van der Waals surface area contributed by atoms with Crippen LogP contribution >= 0.6 is 34.8 Å². The third-order valence-corrected chi connectivity index (χ3v) is 7.50. The molecule has 0 radical (unpaired) electrons. The Bertz CT molecular complexity index is 1220. The maximum absolute atomic E-state index is 13.0. The van der Waals surface area contributed by atoms with E-state index in [1.54, 1.807) is 30.3 Å². The van der Waals surface area contributed by atoms with E-state index in [0.29, 0.717) is 45.2 Å². The average molecular weight is 549 g/mol. The number of nitrogens with one attached hydrogen (secondary N) is 1. The number of ether oxygens (including phenoxy) is 1. The van der Waals surface area contributed by atoms with Crippen LogP contribution in [-0.4, -0.2) is 61.1 Å². The van der Waals surface area contributed by atoms with Crippen molar-refractivity contribution >= 4 is 40.7 Å². The molecule has 0 bridgehead atoms. The Morgan fingerprint density at radius 2 is 1.72 bits per heavy atom. The number of hydrogen-bond acceptors (Lipinski definition) is 5. The quantitative estimate of drug-likeness (QED) is 0.410. The highest BCUT2D eigenvalue weighted by Crippen LogP contribution is 2.32. The zero-order valence-corrected chi connectivity index (χ0v) is 22.1. The van der Waals surface area contributed by atoms with Crippen molar-refractivity contribution in [3.63, 3.8) is 0 Å². The van der Waals surface area contributed by atoms with Gasteiger partial charge in [-0.3, -0.25) is 9.69 Å². The fourth-order valence-electron chi connectivity index (χ4n) is 4.64. The Labute approximate surface area is 226 Å². The first kappa shape index (κ1) is 25.4. The first-order valence-electron chi connectivity index (χ1n) is 12.2. The van der Waals surface area contributed by atoms with Crippen molar-refractivity contribution < 1.29 is 13.9 Å². The first-order chi connectivity index (χ1) is 17.5. The maximum Gasteiger partial charge on any atom is 0.289 e. The van der Waals surface area contributed by atoms with Crippen LogP contribution in [0.5, 0.6) is 5.75 Å². The summed E-state index contributed by atoms with van der Waals surface area (Å²) in [6, 6.07) is 14.7. The molecule has 9 heteroatoms. The molecule has 0 spiro atoms. The van der Waals surface area contributed by atoms with E-state index >= 15 is 0 Å². The van der Waals surface area contributed by atoms with E-state index in [0.717, 1.165) is 56.9 Å². The molecule has 3 heterocycles. The molecule has 3 aromatic rings. The molecule has 0 aliphatic carbocycles. The van der Waals surface area contributed by atoms with E-state index in [9.17, 15) is 4.79 Å². The Morgan fingerprint density at radius 3 is 2.44 bits per heavy atom. The maximum atomic E-state index is 13.0. The number of benzene rings is 2. The zero-order chi connectivity index (χ0) is 25.1. The molecule has 0 atom stereocenters. The topological polar surface area (TPSA) is 58.0 Å². The smallest absolute Gasteiger partial charge is 0.289 e. The molecule has 2 aromatic carbocycles. The zero-order valence-electron chi connectivity index (χ0n) is 19.8. The molecule has 2 aliphatic rings. The minimum absolute atomic E-state index is 0.117. The van der Waals surface area contributed by atoms with Crippen molar-refractivity contribution in [3.05, 3.63) is 74.9 Å².